The number of nitrogens with one attached hydrogen (secondary N) is 1. The molecule has 0 saturated carbocycles. The maximum absolute atomic E-state index is 9.34. The van der Waals surface area contributed by atoms with Gasteiger partial charge in [0.25, 0.3) is 0 Å². The molecule has 0 fully saturated rings. The molecule has 0 amide bonds. The standard InChI is InChI=1S/C16H16N4O/c1-9(2)12-11(8-17)14(18)20-16-13(12)19-15(21-16)10-6-4-3-5-7-10/h3-7,9,12,20H,18H2,1-2H3/t12-/m0/s1. The Morgan fingerprint density at radius 1 is 1.33 bits per heavy atom. The maximum Gasteiger partial charge on any atom is 0.229 e. The monoisotopic (exact) mass is 280 g/mol. The largest absolute Gasteiger partial charge is 0.420 e. The molecule has 1 aromatic carbocycles. The summed E-state index contributed by atoms with van der Waals surface area (Å²) in [7, 11) is 0. The van der Waals surface area contributed by atoms with Gasteiger partial charge in [-0.2, -0.15) is 5.26 Å². The van der Waals surface area contributed by atoms with Crippen molar-refractivity contribution in [3.63, 3.8) is 0 Å². The lowest BCUT2D eigenvalue weighted by Crippen LogP contribution is -2.24. The molecule has 3 rings (SSSR count). The number of nitrogens with zero attached hydrogens (tertiary/aromatic N) is 2. The Kier molecular flexibility index (Phi) is 3.15. The van der Waals surface area contributed by atoms with Crippen LogP contribution in [0.3, 0.4) is 0 Å². The first-order valence-corrected chi connectivity index (χ1v) is 6.84. The van der Waals surface area contributed by atoms with Crippen molar-refractivity contribution in [1.82, 2.24) is 4.98 Å². The van der Waals surface area contributed by atoms with Crippen molar-refractivity contribution in [2.75, 3.05) is 5.32 Å². The van der Waals surface area contributed by atoms with Crippen LogP contribution in [0.2, 0.25) is 0 Å². The summed E-state index contributed by atoms with van der Waals surface area (Å²) in [5.74, 6) is 1.47. The summed E-state index contributed by atoms with van der Waals surface area (Å²) in [6.07, 6.45) is 0. The van der Waals surface area contributed by atoms with Crippen LogP contribution in [0.1, 0.15) is 25.5 Å². The average molecular weight is 280 g/mol. The third-order valence-corrected chi connectivity index (χ3v) is 3.61. The third-order valence-electron chi connectivity index (χ3n) is 3.61. The molecule has 2 aromatic rings. The van der Waals surface area contributed by atoms with Gasteiger partial charge in [0.05, 0.1) is 11.6 Å². The minimum atomic E-state index is -0.146. The minimum Gasteiger partial charge on any atom is -0.420 e. The van der Waals surface area contributed by atoms with E-state index in [4.69, 9.17) is 10.2 Å². The molecule has 1 aromatic heterocycles. The van der Waals surface area contributed by atoms with Crippen molar-refractivity contribution in [2.45, 2.75) is 19.8 Å². The molecule has 0 saturated heterocycles. The molecule has 3 N–H and O–H groups in total. The average Bonchev–Trinajstić information content (AvgIpc) is 2.89. The highest BCUT2D eigenvalue weighted by atomic mass is 16.4. The van der Waals surface area contributed by atoms with Gasteiger partial charge in [0.1, 0.15) is 11.5 Å². The number of aromatic nitrogens is 1. The van der Waals surface area contributed by atoms with Crippen molar-refractivity contribution in [3.05, 3.63) is 47.4 Å². The second-order valence-corrected chi connectivity index (χ2v) is 5.39. The number of nitrogens with two attached hydrogens (primary N) is 1. The first-order chi connectivity index (χ1) is 10.1. The zero-order chi connectivity index (χ0) is 15.0. The van der Waals surface area contributed by atoms with Gasteiger partial charge in [-0.25, -0.2) is 4.98 Å². The van der Waals surface area contributed by atoms with E-state index in [0.29, 0.717) is 23.2 Å². The Morgan fingerprint density at radius 3 is 2.67 bits per heavy atom. The third kappa shape index (κ3) is 2.15. The summed E-state index contributed by atoms with van der Waals surface area (Å²) in [5, 5.41) is 12.3. The second kappa shape index (κ2) is 4.98. The van der Waals surface area contributed by atoms with Crippen LogP contribution in [0.5, 0.6) is 0 Å². The topological polar surface area (TPSA) is 87.9 Å². The number of hydrogen-bond acceptors (Lipinski definition) is 5. The van der Waals surface area contributed by atoms with Crippen LogP contribution < -0.4 is 11.1 Å². The zero-order valence-corrected chi connectivity index (χ0v) is 11.9. The number of oxazole rings is 1. The number of fused-ring (bicyclic) bond motifs is 1. The molecule has 0 unspecified atom stereocenters. The molecule has 5 nitrogen and oxygen atoms in total. The molecule has 106 valence electrons. The highest BCUT2D eigenvalue weighted by Gasteiger charge is 2.34. The summed E-state index contributed by atoms with van der Waals surface area (Å²) in [6, 6.07) is 11.9. The molecule has 2 heterocycles. The lowest BCUT2D eigenvalue weighted by atomic mass is 9.84. The lowest BCUT2D eigenvalue weighted by Gasteiger charge is -2.24. The molecular weight excluding hydrogens is 264 g/mol. The smallest absolute Gasteiger partial charge is 0.229 e. The fraction of sp³-hybridized carbons (Fsp3) is 0.250. The molecule has 21 heavy (non-hydrogen) atoms. The fourth-order valence-corrected chi connectivity index (χ4v) is 2.61. The number of nitriles is 1. The first kappa shape index (κ1) is 13.3. The van der Waals surface area contributed by atoms with E-state index in [1.54, 1.807) is 0 Å². The van der Waals surface area contributed by atoms with Gasteiger partial charge in [0.2, 0.25) is 11.8 Å². The number of rotatable bonds is 2. The van der Waals surface area contributed by atoms with Crippen LogP contribution in [0.15, 0.2) is 46.1 Å². The van der Waals surface area contributed by atoms with Gasteiger partial charge in [-0.15, -0.1) is 0 Å². The summed E-state index contributed by atoms with van der Waals surface area (Å²) in [5.41, 5.74) is 8.10. The molecule has 1 aliphatic heterocycles. The number of benzene rings is 1. The van der Waals surface area contributed by atoms with Crippen LogP contribution in [-0.2, 0) is 0 Å². The van der Waals surface area contributed by atoms with Gasteiger partial charge in [-0.05, 0) is 18.1 Å². The SMILES string of the molecule is CC(C)[C@H]1C(C#N)=C(N)Nc2oc(-c3ccccc3)nc21. The maximum atomic E-state index is 9.34. The minimum absolute atomic E-state index is 0.146. The van der Waals surface area contributed by atoms with Crippen LogP contribution >= 0.6 is 0 Å². The zero-order valence-electron chi connectivity index (χ0n) is 11.9. The summed E-state index contributed by atoms with van der Waals surface area (Å²) in [4.78, 5) is 4.59. The molecule has 0 radical (unpaired) electrons. The number of hydrogen-bond donors (Lipinski definition) is 2. The van der Waals surface area contributed by atoms with E-state index >= 15 is 0 Å². The fourth-order valence-electron chi connectivity index (χ4n) is 2.61. The molecule has 0 spiro atoms. The predicted molar refractivity (Wildman–Crippen MR) is 80.0 cm³/mol. The van der Waals surface area contributed by atoms with Crippen molar-refractivity contribution < 1.29 is 4.42 Å². The summed E-state index contributed by atoms with van der Waals surface area (Å²) < 4.78 is 5.79. The molecule has 0 bridgehead atoms. The van der Waals surface area contributed by atoms with Gasteiger partial charge in [0, 0.05) is 11.5 Å². The molecule has 5 heteroatoms. The van der Waals surface area contributed by atoms with Crippen molar-refractivity contribution in [1.29, 1.82) is 5.26 Å². The van der Waals surface area contributed by atoms with Crippen LogP contribution in [0.25, 0.3) is 11.5 Å². The van der Waals surface area contributed by atoms with Crippen LogP contribution in [0, 0.1) is 17.2 Å². The highest BCUT2D eigenvalue weighted by molar-refractivity contribution is 5.62. The molecular formula is C16H16N4O. The summed E-state index contributed by atoms with van der Waals surface area (Å²) in [6.45, 7) is 4.09. The van der Waals surface area contributed by atoms with E-state index in [-0.39, 0.29) is 11.8 Å². The van der Waals surface area contributed by atoms with Crippen LogP contribution in [0.4, 0.5) is 5.88 Å². The van der Waals surface area contributed by atoms with Crippen molar-refractivity contribution in [2.24, 2.45) is 11.7 Å². The van der Waals surface area contributed by atoms with Crippen molar-refractivity contribution in [3.8, 4) is 17.5 Å². The highest BCUT2D eigenvalue weighted by Crippen LogP contribution is 2.41. The van der Waals surface area contributed by atoms with E-state index in [0.717, 1.165) is 11.3 Å². The van der Waals surface area contributed by atoms with E-state index in [9.17, 15) is 5.26 Å². The Bertz CT molecular complexity index is 737. The normalized spacial score (nSPS) is 17.3. The van der Waals surface area contributed by atoms with Gasteiger partial charge in [-0.1, -0.05) is 32.0 Å². The number of anilines is 1. The van der Waals surface area contributed by atoms with Crippen molar-refractivity contribution >= 4 is 5.88 Å². The van der Waals surface area contributed by atoms with Gasteiger partial charge in [0.15, 0.2) is 0 Å². The molecule has 1 atom stereocenters. The second-order valence-electron chi connectivity index (χ2n) is 5.39. The Labute approximate surface area is 123 Å². The molecule has 0 aliphatic carbocycles. The Balaban J connectivity index is 2.11. The van der Waals surface area contributed by atoms with Crippen LogP contribution in [-0.4, -0.2) is 4.98 Å². The van der Waals surface area contributed by atoms with E-state index in [1.165, 1.54) is 0 Å². The Morgan fingerprint density at radius 2 is 2.05 bits per heavy atom. The van der Waals surface area contributed by atoms with E-state index in [1.807, 2.05) is 44.2 Å². The Hall–Kier alpha value is -2.74. The van der Waals surface area contributed by atoms with Gasteiger partial charge >= 0.3 is 0 Å². The van der Waals surface area contributed by atoms with E-state index < -0.39 is 0 Å². The van der Waals surface area contributed by atoms with Gasteiger partial charge < -0.3 is 15.5 Å². The number of allylic oxidation sites excluding steroid dienone is 1. The predicted octanol–water partition coefficient (Wildman–Crippen LogP) is 3.20. The summed E-state index contributed by atoms with van der Waals surface area (Å²) >= 11 is 0. The first-order valence-electron chi connectivity index (χ1n) is 6.84. The lowest BCUT2D eigenvalue weighted by molar-refractivity contribution is 0.535. The molecule has 1 aliphatic rings. The van der Waals surface area contributed by atoms with Gasteiger partial charge in [-0.3, -0.25) is 0 Å². The quantitative estimate of drug-likeness (QED) is 0.882. The van der Waals surface area contributed by atoms with E-state index in [2.05, 4.69) is 16.4 Å².